The van der Waals surface area contributed by atoms with E-state index in [1.54, 1.807) is 19.0 Å². The van der Waals surface area contributed by atoms with Crippen LogP contribution in [0.3, 0.4) is 0 Å². The molecule has 0 radical (unpaired) electrons. The zero-order chi connectivity index (χ0) is 19.1. The predicted molar refractivity (Wildman–Crippen MR) is 108 cm³/mol. The van der Waals surface area contributed by atoms with E-state index in [-0.39, 0.29) is 5.91 Å². The maximum Gasteiger partial charge on any atom is 0.253 e. The molecule has 1 fully saturated rings. The van der Waals surface area contributed by atoms with Crippen molar-refractivity contribution < 1.29 is 4.79 Å². The molecule has 1 unspecified atom stereocenters. The van der Waals surface area contributed by atoms with Gasteiger partial charge in [-0.3, -0.25) is 9.69 Å². The largest absolute Gasteiger partial charge is 0.357 e. The average molecular weight is 360 g/mol. The Kier molecular flexibility index (Phi) is 7.45. The molecule has 0 bridgehead atoms. The fourth-order valence-electron chi connectivity index (χ4n) is 2.75. The molecule has 2 rings (SSSR count). The smallest absolute Gasteiger partial charge is 0.253 e. The lowest BCUT2D eigenvalue weighted by Crippen LogP contribution is -2.45. The number of rotatable bonds is 8. The molecule has 144 valence electrons. The van der Waals surface area contributed by atoms with Gasteiger partial charge in [0.15, 0.2) is 5.96 Å². The molecule has 6 heteroatoms. The Hall–Kier alpha value is -2.08. The number of guanidine groups is 1. The van der Waals surface area contributed by atoms with E-state index in [0.29, 0.717) is 18.2 Å². The molecule has 1 aromatic carbocycles. The first-order valence-corrected chi connectivity index (χ1v) is 9.47. The molecular formula is C20H33N5O. The molecule has 1 aliphatic rings. The van der Waals surface area contributed by atoms with E-state index in [1.807, 2.05) is 24.3 Å². The van der Waals surface area contributed by atoms with Gasteiger partial charge in [0.1, 0.15) is 0 Å². The normalized spacial score (nSPS) is 15.7. The van der Waals surface area contributed by atoms with Crippen LogP contribution >= 0.6 is 0 Å². The Morgan fingerprint density at radius 2 is 1.85 bits per heavy atom. The van der Waals surface area contributed by atoms with Crippen LogP contribution in [0, 0.1) is 0 Å². The maximum absolute atomic E-state index is 11.9. The van der Waals surface area contributed by atoms with E-state index in [2.05, 4.69) is 41.4 Å². The minimum atomic E-state index is 0.0174. The second-order valence-corrected chi connectivity index (χ2v) is 7.22. The van der Waals surface area contributed by atoms with E-state index in [4.69, 9.17) is 0 Å². The standard InChI is InChI=1S/C20H33N5O/c1-6-21-20(22-13-15(2)25(5)18-11-12-18)23-14-16-7-9-17(10-8-16)19(26)24(3)4/h7-10,15,18H,6,11-14H2,1-5H3,(H2,21,22,23). The maximum atomic E-state index is 11.9. The molecule has 0 aromatic heterocycles. The van der Waals surface area contributed by atoms with Crippen molar-refractivity contribution in [1.82, 2.24) is 20.4 Å². The van der Waals surface area contributed by atoms with Crippen LogP contribution in [0.1, 0.15) is 42.6 Å². The molecule has 6 nitrogen and oxygen atoms in total. The van der Waals surface area contributed by atoms with Crippen molar-refractivity contribution in [3.8, 4) is 0 Å². The van der Waals surface area contributed by atoms with Gasteiger partial charge >= 0.3 is 0 Å². The molecule has 0 heterocycles. The van der Waals surface area contributed by atoms with Gasteiger partial charge in [-0.2, -0.15) is 0 Å². The van der Waals surface area contributed by atoms with E-state index < -0.39 is 0 Å². The number of benzene rings is 1. The lowest BCUT2D eigenvalue weighted by atomic mass is 10.1. The molecule has 0 spiro atoms. The lowest BCUT2D eigenvalue weighted by Gasteiger charge is -2.25. The molecule has 0 saturated heterocycles. The van der Waals surface area contributed by atoms with E-state index in [9.17, 15) is 4.79 Å². The number of hydrogen-bond acceptors (Lipinski definition) is 3. The third-order valence-corrected chi connectivity index (χ3v) is 4.75. The van der Waals surface area contributed by atoms with Gasteiger partial charge in [0.25, 0.3) is 5.91 Å². The monoisotopic (exact) mass is 359 g/mol. The van der Waals surface area contributed by atoms with Crippen LogP contribution in [0.15, 0.2) is 29.3 Å². The number of nitrogens with zero attached hydrogens (tertiary/aromatic N) is 3. The minimum Gasteiger partial charge on any atom is -0.357 e. The van der Waals surface area contributed by atoms with Crippen LogP contribution in [-0.2, 0) is 6.54 Å². The summed E-state index contributed by atoms with van der Waals surface area (Å²) >= 11 is 0. The second kappa shape index (κ2) is 9.57. The first-order valence-electron chi connectivity index (χ1n) is 9.47. The van der Waals surface area contributed by atoms with Gasteiger partial charge in [0.2, 0.25) is 0 Å². The summed E-state index contributed by atoms with van der Waals surface area (Å²) < 4.78 is 0. The molecule has 1 saturated carbocycles. The molecule has 2 N–H and O–H groups in total. The molecular weight excluding hydrogens is 326 g/mol. The van der Waals surface area contributed by atoms with Gasteiger partial charge in [-0.05, 0) is 51.4 Å². The predicted octanol–water partition coefficient (Wildman–Crippen LogP) is 1.93. The van der Waals surface area contributed by atoms with Crippen LogP contribution in [0.4, 0.5) is 0 Å². The Bertz CT molecular complexity index is 607. The highest BCUT2D eigenvalue weighted by atomic mass is 16.2. The van der Waals surface area contributed by atoms with Crippen molar-refractivity contribution in [2.75, 3.05) is 34.2 Å². The Balaban J connectivity index is 1.90. The summed E-state index contributed by atoms with van der Waals surface area (Å²) in [5.41, 5.74) is 1.78. The van der Waals surface area contributed by atoms with Crippen molar-refractivity contribution in [3.05, 3.63) is 35.4 Å². The molecule has 1 atom stereocenters. The molecule has 1 aromatic rings. The average Bonchev–Trinajstić information content (AvgIpc) is 3.48. The molecule has 1 amide bonds. The zero-order valence-corrected chi connectivity index (χ0v) is 16.7. The fourth-order valence-corrected chi connectivity index (χ4v) is 2.75. The van der Waals surface area contributed by atoms with Crippen molar-refractivity contribution in [2.45, 2.75) is 45.3 Å². The number of hydrogen-bond donors (Lipinski definition) is 2. The van der Waals surface area contributed by atoms with E-state index >= 15 is 0 Å². The van der Waals surface area contributed by atoms with Crippen molar-refractivity contribution >= 4 is 11.9 Å². The van der Waals surface area contributed by atoms with E-state index in [0.717, 1.165) is 30.7 Å². The van der Waals surface area contributed by atoms with Gasteiger partial charge in [-0.25, -0.2) is 4.99 Å². The summed E-state index contributed by atoms with van der Waals surface area (Å²) in [6.07, 6.45) is 2.64. The van der Waals surface area contributed by atoms with Gasteiger partial charge in [-0.15, -0.1) is 0 Å². The van der Waals surface area contributed by atoms with Crippen molar-refractivity contribution in [1.29, 1.82) is 0 Å². The van der Waals surface area contributed by atoms with E-state index in [1.165, 1.54) is 12.8 Å². The van der Waals surface area contributed by atoms with Gasteiger partial charge in [0.05, 0.1) is 6.54 Å². The number of likely N-dealkylation sites (N-methyl/N-ethyl adjacent to an activating group) is 1. The third-order valence-electron chi connectivity index (χ3n) is 4.75. The number of nitrogens with one attached hydrogen (secondary N) is 2. The lowest BCUT2D eigenvalue weighted by molar-refractivity contribution is 0.0827. The van der Waals surface area contributed by atoms with Crippen molar-refractivity contribution in [3.63, 3.8) is 0 Å². The fraction of sp³-hybridized carbons (Fsp3) is 0.600. The van der Waals surface area contributed by atoms with Gasteiger partial charge in [0, 0.05) is 44.8 Å². The van der Waals surface area contributed by atoms with Gasteiger partial charge in [-0.1, -0.05) is 12.1 Å². The Morgan fingerprint density at radius 1 is 1.19 bits per heavy atom. The summed E-state index contributed by atoms with van der Waals surface area (Å²) in [5, 5.41) is 6.73. The number of carbonyl (C=O) groups excluding carboxylic acids is 1. The second-order valence-electron chi connectivity index (χ2n) is 7.22. The Labute approximate surface area is 157 Å². The van der Waals surface area contributed by atoms with Crippen LogP contribution in [0.5, 0.6) is 0 Å². The molecule has 1 aliphatic carbocycles. The van der Waals surface area contributed by atoms with Crippen LogP contribution in [0.2, 0.25) is 0 Å². The summed E-state index contributed by atoms with van der Waals surface area (Å²) in [6.45, 7) is 6.59. The number of carbonyl (C=O) groups is 1. The van der Waals surface area contributed by atoms with Gasteiger partial charge < -0.3 is 15.5 Å². The summed E-state index contributed by atoms with van der Waals surface area (Å²) in [7, 11) is 5.72. The third kappa shape index (κ3) is 6.02. The summed E-state index contributed by atoms with van der Waals surface area (Å²) in [6, 6.07) is 8.89. The highest BCUT2D eigenvalue weighted by Gasteiger charge is 2.28. The van der Waals surface area contributed by atoms with Crippen molar-refractivity contribution in [2.24, 2.45) is 4.99 Å². The summed E-state index contributed by atoms with van der Waals surface area (Å²) in [4.78, 5) is 20.6. The minimum absolute atomic E-state index is 0.0174. The topological polar surface area (TPSA) is 60.0 Å². The van der Waals surface area contributed by atoms with Crippen LogP contribution in [-0.4, -0.2) is 68.0 Å². The quantitative estimate of drug-likeness (QED) is 0.550. The molecule has 26 heavy (non-hydrogen) atoms. The zero-order valence-electron chi connectivity index (χ0n) is 16.7. The highest BCUT2D eigenvalue weighted by molar-refractivity contribution is 5.93. The first-order chi connectivity index (χ1) is 12.4. The first kappa shape index (κ1) is 20.2. The number of aliphatic imine (C=N–C) groups is 1. The molecule has 0 aliphatic heterocycles. The van der Waals surface area contributed by atoms with Crippen LogP contribution in [0.25, 0.3) is 0 Å². The SMILES string of the molecule is CCNC(=NCc1ccc(C(=O)N(C)C)cc1)NCC(C)N(C)C1CC1. The Morgan fingerprint density at radius 3 is 2.38 bits per heavy atom. The van der Waals surface area contributed by atoms with Crippen LogP contribution < -0.4 is 10.6 Å². The number of amides is 1. The highest BCUT2D eigenvalue weighted by Crippen LogP contribution is 2.26. The summed E-state index contributed by atoms with van der Waals surface area (Å²) in [5.74, 6) is 0.848.